The summed E-state index contributed by atoms with van der Waals surface area (Å²) >= 11 is 0. The minimum atomic E-state index is -0.483. The van der Waals surface area contributed by atoms with Gasteiger partial charge >= 0.3 is 0 Å². The van der Waals surface area contributed by atoms with Crippen molar-refractivity contribution in [1.29, 1.82) is 0 Å². The topological polar surface area (TPSA) is 78.3 Å². The van der Waals surface area contributed by atoms with Crippen LogP contribution in [0, 0.1) is 0 Å². The smallest absolute Gasteiger partial charge is 0.246 e. The zero-order valence-corrected chi connectivity index (χ0v) is 10.2. The molecule has 0 heterocycles. The van der Waals surface area contributed by atoms with Gasteiger partial charge in [-0.15, -0.1) is 0 Å². The van der Waals surface area contributed by atoms with E-state index in [1.807, 2.05) is 6.92 Å². The van der Waals surface area contributed by atoms with E-state index in [0.29, 0.717) is 13.0 Å². The van der Waals surface area contributed by atoms with Gasteiger partial charge in [0, 0.05) is 5.54 Å². The molecule has 0 aromatic rings. The van der Waals surface area contributed by atoms with E-state index < -0.39 is 6.10 Å². The average Bonchev–Trinajstić information content (AvgIpc) is 2.44. The maximum absolute atomic E-state index is 11.0. The number of hydrogen-bond acceptors (Lipinski definition) is 3. The van der Waals surface area contributed by atoms with Gasteiger partial charge in [-0.25, -0.2) is 0 Å². The van der Waals surface area contributed by atoms with Crippen molar-refractivity contribution in [3.63, 3.8) is 0 Å². The van der Waals surface area contributed by atoms with Crippen LogP contribution in [0.25, 0.3) is 0 Å². The zero-order valence-electron chi connectivity index (χ0n) is 10.2. The van der Waals surface area contributed by atoms with Crippen LogP contribution in [-0.4, -0.2) is 24.2 Å². The number of ether oxygens (including phenoxy) is 1. The predicted octanol–water partition coefficient (Wildman–Crippen LogP) is 1.32. The second-order valence-corrected chi connectivity index (χ2v) is 4.89. The fourth-order valence-electron chi connectivity index (χ4n) is 2.24. The van der Waals surface area contributed by atoms with Gasteiger partial charge in [0.05, 0.1) is 6.61 Å². The van der Waals surface area contributed by atoms with E-state index >= 15 is 0 Å². The van der Waals surface area contributed by atoms with E-state index in [1.54, 1.807) is 0 Å². The molecule has 4 nitrogen and oxygen atoms in total. The molecule has 4 N–H and O–H groups in total. The van der Waals surface area contributed by atoms with Crippen LogP contribution in [-0.2, 0) is 9.53 Å². The van der Waals surface area contributed by atoms with E-state index in [0.717, 1.165) is 25.7 Å². The lowest BCUT2D eigenvalue weighted by Gasteiger charge is -2.29. The van der Waals surface area contributed by atoms with Gasteiger partial charge in [-0.1, -0.05) is 32.6 Å². The van der Waals surface area contributed by atoms with Crippen molar-refractivity contribution in [2.45, 2.75) is 63.5 Å². The lowest BCUT2D eigenvalue weighted by atomic mass is 9.92. The summed E-state index contributed by atoms with van der Waals surface area (Å²) in [4.78, 5) is 11.0. The van der Waals surface area contributed by atoms with Gasteiger partial charge in [-0.3, -0.25) is 4.79 Å². The summed E-state index contributed by atoms with van der Waals surface area (Å²) in [7, 11) is 0. The molecule has 0 aliphatic heterocycles. The number of primary amides is 1. The Hall–Kier alpha value is -0.610. The third-order valence-corrected chi connectivity index (χ3v) is 3.36. The Bertz CT molecular complexity index is 223. The van der Waals surface area contributed by atoms with Crippen LogP contribution in [0.3, 0.4) is 0 Å². The summed E-state index contributed by atoms with van der Waals surface area (Å²) in [5, 5.41) is 0. The monoisotopic (exact) mass is 228 g/mol. The van der Waals surface area contributed by atoms with Crippen LogP contribution in [0.5, 0.6) is 0 Å². The molecule has 1 aliphatic rings. The molecule has 0 spiro atoms. The summed E-state index contributed by atoms with van der Waals surface area (Å²) in [6.07, 6.45) is 6.94. The lowest BCUT2D eigenvalue weighted by molar-refractivity contribution is -0.131. The van der Waals surface area contributed by atoms with Crippen molar-refractivity contribution in [3.8, 4) is 0 Å². The van der Waals surface area contributed by atoms with Crippen LogP contribution in [0.2, 0.25) is 0 Å². The second kappa shape index (κ2) is 6.21. The third kappa shape index (κ3) is 4.10. The predicted molar refractivity (Wildman–Crippen MR) is 63.8 cm³/mol. The molecule has 4 heteroatoms. The molecule has 0 aromatic heterocycles. The van der Waals surface area contributed by atoms with Crippen LogP contribution < -0.4 is 11.5 Å². The standard InChI is InChI=1S/C12H24N2O2/c1-2-10(11(13)15)16-9-12(14)7-5-3-4-6-8-12/h10H,2-9,14H2,1H3,(H2,13,15). The summed E-state index contributed by atoms with van der Waals surface area (Å²) in [6, 6.07) is 0. The van der Waals surface area contributed by atoms with E-state index in [4.69, 9.17) is 16.2 Å². The first-order chi connectivity index (χ1) is 7.57. The zero-order chi connectivity index (χ0) is 12.0. The molecule has 0 saturated heterocycles. The average molecular weight is 228 g/mol. The molecule has 0 bridgehead atoms. The fraction of sp³-hybridized carbons (Fsp3) is 0.917. The summed E-state index contributed by atoms with van der Waals surface area (Å²) in [5.74, 6) is -0.389. The van der Waals surface area contributed by atoms with Gasteiger partial charge in [0.1, 0.15) is 6.10 Å². The van der Waals surface area contributed by atoms with E-state index in [1.165, 1.54) is 12.8 Å². The first kappa shape index (κ1) is 13.5. The molecule has 0 aromatic carbocycles. The summed E-state index contributed by atoms with van der Waals surface area (Å²) < 4.78 is 5.55. The number of amides is 1. The van der Waals surface area contributed by atoms with E-state index in [2.05, 4.69) is 0 Å². The minimum Gasteiger partial charge on any atom is -0.367 e. The summed E-state index contributed by atoms with van der Waals surface area (Å²) in [6.45, 7) is 2.35. The Kier molecular flexibility index (Phi) is 5.22. The molecule has 1 fully saturated rings. The van der Waals surface area contributed by atoms with Crippen molar-refractivity contribution in [2.24, 2.45) is 11.5 Å². The van der Waals surface area contributed by atoms with Crippen LogP contribution >= 0.6 is 0 Å². The first-order valence-electron chi connectivity index (χ1n) is 6.27. The van der Waals surface area contributed by atoms with Gasteiger partial charge < -0.3 is 16.2 Å². The number of nitrogens with two attached hydrogens (primary N) is 2. The van der Waals surface area contributed by atoms with Crippen molar-refractivity contribution < 1.29 is 9.53 Å². The molecule has 1 amide bonds. The van der Waals surface area contributed by atoms with Crippen molar-refractivity contribution in [3.05, 3.63) is 0 Å². The highest BCUT2D eigenvalue weighted by Gasteiger charge is 2.28. The Morgan fingerprint density at radius 2 is 1.88 bits per heavy atom. The SMILES string of the molecule is CCC(OCC1(N)CCCCCC1)C(N)=O. The highest BCUT2D eigenvalue weighted by atomic mass is 16.5. The van der Waals surface area contributed by atoms with Crippen LogP contribution in [0.4, 0.5) is 0 Å². The summed E-state index contributed by atoms with van der Waals surface area (Å²) in [5.41, 5.74) is 11.3. The van der Waals surface area contributed by atoms with Gasteiger partial charge in [-0.2, -0.15) is 0 Å². The number of carbonyl (C=O) groups excluding carboxylic acids is 1. The molecular weight excluding hydrogens is 204 g/mol. The van der Waals surface area contributed by atoms with Crippen molar-refractivity contribution in [2.75, 3.05) is 6.61 Å². The number of hydrogen-bond donors (Lipinski definition) is 2. The van der Waals surface area contributed by atoms with Crippen LogP contribution in [0.1, 0.15) is 51.9 Å². The maximum atomic E-state index is 11.0. The highest BCUT2D eigenvalue weighted by molar-refractivity contribution is 5.78. The van der Waals surface area contributed by atoms with Gasteiger partial charge in [-0.05, 0) is 19.3 Å². The Morgan fingerprint density at radius 1 is 1.31 bits per heavy atom. The normalized spacial score (nSPS) is 22.4. The quantitative estimate of drug-likeness (QED) is 0.696. The Morgan fingerprint density at radius 3 is 2.31 bits per heavy atom. The highest BCUT2D eigenvalue weighted by Crippen LogP contribution is 2.25. The molecule has 94 valence electrons. The molecular formula is C12H24N2O2. The molecule has 1 rings (SSSR count). The van der Waals surface area contributed by atoms with E-state index in [-0.39, 0.29) is 11.4 Å². The first-order valence-corrected chi connectivity index (χ1v) is 6.27. The van der Waals surface area contributed by atoms with E-state index in [9.17, 15) is 4.79 Å². The molecule has 1 unspecified atom stereocenters. The van der Waals surface area contributed by atoms with Gasteiger partial charge in [0.15, 0.2) is 0 Å². The molecule has 1 atom stereocenters. The molecule has 16 heavy (non-hydrogen) atoms. The van der Waals surface area contributed by atoms with Gasteiger partial charge in [0.2, 0.25) is 5.91 Å². The number of carbonyl (C=O) groups is 1. The Labute approximate surface area is 97.7 Å². The Balaban J connectivity index is 2.41. The minimum absolute atomic E-state index is 0.251. The van der Waals surface area contributed by atoms with Crippen molar-refractivity contribution >= 4 is 5.91 Å². The third-order valence-electron chi connectivity index (χ3n) is 3.36. The molecule has 1 saturated carbocycles. The molecule has 0 radical (unpaired) electrons. The fourth-order valence-corrected chi connectivity index (χ4v) is 2.24. The molecule has 1 aliphatic carbocycles. The largest absolute Gasteiger partial charge is 0.367 e. The number of rotatable bonds is 5. The van der Waals surface area contributed by atoms with Gasteiger partial charge in [0.25, 0.3) is 0 Å². The maximum Gasteiger partial charge on any atom is 0.246 e. The second-order valence-electron chi connectivity index (χ2n) is 4.89. The lowest BCUT2D eigenvalue weighted by Crippen LogP contribution is -2.46. The van der Waals surface area contributed by atoms with Crippen molar-refractivity contribution in [1.82, 2.24) is 0 Å². The van der Waals surface area contributed by atoms with Crippen LogP contribution in [0.15, 0.2) is 0 Å².